The van der Waals surface area contributed by atoms with Crippen molar-refractivity contribution in [3.05, 3.63) is 29.8 Å². The molecule has 2 fully saturated rings. The molecule has 1 saturated heterocycles. The first-order valence-corrected chi connectivity index (χ1v) is 8.15. The highest BCUT2D eigenvalue weighted by molar-refractivity contribution is 6.07. The lowest BCUT2D eigenvalue weighted by atomic mass is 9.77. The van der Waals surface area contributed by atoms with E-state index in [1.54, 1.807) is 0 Å². The number of imide groups is 1. The Morgan fingerprint density at radius 3 is 2.52 bits per heavy atom. The van der Waals surface area contributed by atoms with Crippen LogP contribution in [0.5, 0.6) is 5.75 Å². The van der Waals surface area contributed by atoms with Crippen molar-refractivity contribution in [2.24, 2.45) is 11.0 Å². The minimum Gasteiger partial charge on any atom is -0.435 e. The van der Waals surface area contributed by atoms with Crippen LogP contribution in [0.2, 0.25) is 0 Å². The summed E-state index contributed by atoms with van der Waals surface area (Å²) in [7, 11) is 0. The van der Waals surface area contributed by atoms with E-state index in [1.807, 2.05) is 0 Å². The van der Waals surface area contributed by atoms with Crippen molar-refractivity contribution in [1.29, 1.82) is 0 Å². The molecule has 0 bridgehead atoms. The predicted octanol–water partition coefficient (Wildman–Crippen LogP) is 3.12. The Hall–Kier alpha value is -2.51. The molecule has 6 nitrogen and oxygen atoms in total. The van der Waals surface area contributed by atoms with Gasteiger partial charge in [0.05, 0.1) is 6.21 Å². The molecule has 1 N–H and O–H groups in total. The van der Waals surface area contributed by atoms with E-state index in [2.05, 4.69) is 22.1 Å². The minimum atomic E-state index is -2.89. The van der Waals surface area contributed by atoms with Gasteiger partial charge in [-0.25, -0.2) is 4.79 Å². The normalized spacial score (nSPS) is 26.7. The topological polar surface area (TPSA) is 71.0 Å². The SMILES string of the molecule is CC1CCC2(CC1)NC(=O)N(/N=C/c1ccc(OC(F)F)cc1)C2=O. The van der Waals surface area contributed by atoms with E-state index in [0.717, 1.165) is 17.9 Å². The predicted molar refractivity (Wildman–Crippen MR) is 86.4 cm³/mol. The zero-order valence-corrected chi connectivity index (χ0v) is 13.7. The molecule has 0 atom stereocenters. The number of benzene rings is 1. The Morgan fingerprint density at radius 1 is 1.28 bits per heavy atom. The molecule has 1 aromatic carbocycles. The number of hydrogen-bond acceptors (Lipinski definition) is 4. The van der Waals surface area contributed by atoms with E-state index in [4.69, 9.17) is 0 Å². The summed E-state index contributed by atoms with van der Waals surface area (Å²) < 4.78 is 28.5. The van der Waals surface area contributed by atoms with E-state index in [9.17, 15) is 18.4 Å². The Balaban J connectivity index is 1.69. The summed E-state index contributed by atoms with van der Waals surface area (Å²) >= 11 is 0. The number of urea groups is 1. The monoisotopic (exact) mass is 351 g/mol. The highest BCUT2D eigenvalue weighted by Crippen LogP contribution is 2.36. The van der Waals surface area contributed by atoms with Gasteiger partial charge in [-0.05, 0) is 61.4 Å². The average molecular weight is 351 g/mol. The number of ether oxygens (including phenoxy) is 1. The average Bonchev–Trinajstić information content (AvgIpc) is 2.80. The van der Waals surface area contributed by atoms with Crippen molar-refractivity contribution in [1.82, 2.24) is 10.3 Å². The number of nitrogens with zero attached hydrogens (tertiary/aromatic N) is 2. The molecule has 1 aliphatic heterocycles. The second kappa shape index (κ2) is 6.78. The van der Waals surface area contributed by atoms with Crippen LogP contribution >= 0.6 is 0 Å². The largest absolute Gasteiger partial charge is 0.435 e. The van der Waals surface area contributed by atoms with Crippen LogP contribution in [0.1, 0.15) is 38.2 Å². The fourth-order valence-electron chi connectivity index (χ4n) is 3.16. The lowest BCUT2D eigenvalue weighted by Gasteiger charge is -2.33. The van der Waals surface area contributed by atoms with E-state index >= 15 is 0 Å². The molecule has 1 heterocycles. The number of hydrogen-bond donors (Lipinski definition) is 1. The molecule has 2 aliphatic rings. The summed E-state index contributed by atoms with van der Waals surface area (Å²) in [6, 6.07) is 5.22. The van der Waals surface area contributed by atoms with Crippen molar-refractivity contribution >= 4 is 18.2 Å². The van der Waals surface area contributed by atoms with E-state index in [-0.39, 0.29) is 11.7 Å². The standard InChI is InChI=1S/C17H19F2N3O3/c1-11-6-8-17(9-7-11)14(23)22(16(24)21-17)20-10-12-2-4-13(5-3-12)25-15(18)19/h2-5,10-11,15H,6-9H2,1H3,(H,21,24)/b20-10+. The number of hydrazone groups is 1. The van der Waals surface area contributed by atoms with Crippen LogP contribution in [0, 0.1) is 5.92 Å². The van der Waals surface area contributed by atoms with Crippen molar-refractivity contribution in [3.8, 4) is 5.75 Å². The fourth-order valence-corrected chi connectivity index (χ4v) is 3.16. The van der Waals surface area contributed by atoms with Crippen LogP contribution in [0.15, 0.2) is 29.4 Å². The molecular weight excluding hydrogens is 332 g/mol. The molecule has 8 heteroatoms. The van der Waals surface area contributed by atoms with Gasteiger partial charge in [0.25, 0.3) is 5.91 Å². The second-order valence-corrected chi connectivity index (χ2v) is 6.50. The second-order valence-electron chi connectivity index (χ2n) is 6.50. The molecule has 1 aliphatic carbocycles. The van der Waals surface area contributed by atoms with Gasteiger partial charge in [-0.2, -0.15) is 13.9 Å². The van der Waals surface area contributed by atoms with Gasteiger partial charge in [0.15, 0.2) is 0 Å². The highest BCUT2D eigenvalue weighted by atomic mass is 19.3. The number of carbonyl (C=O) groups is 2. The highest BCUT2D eigenvalue weighted by Gasteiger charge is 2.52. The number of carbonyl (C=O) groups excluding carboxylic acids is 2. The Kier molecular flexibility index (Phi) is 4.69. The molecule has 1 saturated carbocycles. The molecular formula is C17H19F2N3O3. The summed E-state index contributed by atoms with van der Waals surface area (Å²) in [5.74, 6) is 0.234. The number of halogens is 2. The third-order valence-electron chi connectivity index (χ3n) is 4.70. The molecule has 1 aromatic rings. The third kappa shape index (κ3) is 3.62. The molecule has 0 aromatic heterocycles. The zero-order chi connectivity index (χ0) is 18.0. The number of nitrogens with one attached hydrogen (secondary N) is 1. The first-order chi connectivity index (χ1) is 11.9. The molecule has 0 unspecified atom stereocenters. The Bertz CT molecular complexity index is 683. The molecule has 134 valence electrons. The van der Waals surface area contributed by atoms with Gasteiger partial charge in [-0.15, -0.1) is 5.01 Å². The Morgan fingerprint density at radius 2 is 1.92 bits per heavy atom. The fraction of sp³-hybridized carbons (Fsp3) is 0.471. The first kappa shape index (κ1) is 17.3. The van der Waals surface area contributed by atoms with Crippen molar-refractivity contribution < 1.29 is 23.1 Å². The summed E-state index contributed by atoms with van der Waals surface area (Å²) in [4.78, 5) is 24.7. The first-order valence-electron chi connectivity index (χ1n) is 8.15. The van der Waals surface area contributed by atoms with Gasteiger partial charge in [-0.3, -0.25) is 4.79 Å². The van der Waals surface area contributed by atoms with Crippen LogP contribution in [0.25, 0.3) is 0 Å². The van der Waals surface area contributed by atoms with Gasteiger partial charge in [0, 0.05) is 0 Å². The van der Waals surface area contributed by atoms with Crippen molar-refractivity contribution in [2.75, 3.05) is 0 Å². The summed E-state index contributed by atoms with van der Waals surface area (Å²) in [5.41, 5.74) is -0.281. The molecule has 3 rings (SSSR count). The van der Waals surface area contributed by atoms with E-state index in [0.29, 0.717) is 24.3 Å². The summed E-state index contributed by atoms with van der Waals surface area (Å²) in [6.45, 7) is -0.759. The number of amides is 3. The number of rotatable bonds is 4. The molecule has 0 radical (unpaired) electrons. The van der Waals surface area contributed by atoms with Gasteiger partial charge in [0.2, 0.25) is 0 Å². The van der Waals surface area contributed by atoms with Gasteiger partial charge >= 0.3 is 12.6 Å². The lowest BCUT2D eigenvalue weighted by molar-refractivity contribution is -0.132. The summed E-state index contributed by atoms with van der Waals surface area (Å²) in [5, 5.41) is 7.60. The van der Waals surface area contributed by atoms with Crippen LogP contribution in [0.4, 0.5) is 13.6 Å². The Labute approximate surface area is 143 Å². The molecule has 25 heavy (non-hydrogen) atoms. The third-order valence-corrected chi connectivity index (χ3v) is 4.70. The van der Waals surface area contributed by atoms with Crippen LogP contribution in [0.3, 0.4) is 0 Å². The zero-order valence-electron chi connectivity index (χ0n) is 13.7. The maximum absolute atomic E-state index is 12.6. The van der Waals surface area contributed by atoms with Gasteiger partial charge in [-0.1, -0.05) is 6.92 Å². The van der Waals surface area contributed by atoms with E-state index in [1.165, 1.54) is 30.5 Å². The van der Waals surface area contributed by atoms with E-state index < -0.39 is 18.2 Å². The van der Waals surface area contributed by atoms with Crippen molar-refractivity contribution in [2.45, 2.75) is 44.8 Å². The van der Waals surface area contributed by atoms with Crippen LogP contribution in [-0.2, 0) is 4.79 Å². The lowest BCUT2D eigenvalue weighted by Crippen LogP contribution is -2.49. The summed E-state index contributed by atoms with van der Waals surface area (Å²) in [6.07, 6.45) is 4.34. The van der Waals surface area contributed by atoms with Gasteiger partial charge < -0.3 is 10.1 Å². The maximum atomic E-state index is 12.6. The minimum absolute atomic E-state index is 0.0254. The quantitative estimate of drug-likeness (QED) is 0.669. The smallest absolute Gasteiger partial charge is 0.387 e. The molecule has 1 spiro atoms. The van der Waals surface area contributed by atoms with Crippen molar-refractivity contribution in [3.63, 3.8) is 0 Å². The van der Waals surface area contributed by atoms with Crippen LogP contribution < -0.4 is 10.1 Å². The number of alkyl halides is 2. The van der Waals surface area contributed by atoms with Gasteiger partial charge in [0.1, 0.15) is 11.3 Å². The maximum Gasteiger partial charge on any atom is 0.387 e. The van der Waals surface area contributed by atoms with Crippen LogP contribution in [-0.4, -0.2) is 35.3 Å². The molecule has 3 amide bonds.